The van der Waals surface area contributed by atoms with Gasteiger partial charge < -0.3 is 25.3 Å². The molecule has 0 nitrogen and oxygen atoms in total. The molecule has 3 aliphatic carbocycles. The fourth-order valence-electron chi connectivity index (χ4n) is 2.63. The molecule has 3 rings (SSSR count). The van der Waals surface area contributed by atoms with Crippen LogP contribution >= 0.6 is 0 Å². The second-order valence-electron chi connectivity index (χ2n) is 6.31. The van der Waals surface area contributed by atoms with Gasteiger partial charge in [-0.3, -0.25) is 4.08 Å². The molecule has 1 fully saturated rings. The summed E-state index contributed by atoms with van der Waals surface area (Å²) >= 11 is 10.0. The van der Waals surface area contributed by atoms with E-state index in [0.717, 1.165) is 12.8 Å². The standard InChI is InChI=1S/2C8H12.C5H10S2.2Rh/c2*1-2-4-6-8-7-5-3-1;6-5(7)3-1-2-4-5;;/h2*1-2,7-8H,3-6H2;6-7H,1-4H2;;/p-2/b2*2-1-,8-7-;;;. The number of hydrogen-bond acceptors (Lipinski definition) is 2. The monoisotopic (exact) mass is 554 g/mol. The largest absolute Gasteiger partial charge is 0.811 e. The van der Waals surface area contributed by atoms with Gasteiger partial charge in [-0.25, -0.2) is 0 Å². The summed E-state index contributed by atoms with van der Waals surface area (Å²) in [6.45, 7) is 0. The van der Waals surface area contributed by atoms with Crippen LogP contribution in [0.4, 0.5) is 0 Å². The maximum Gasteiger partial charge on any atom is 0 e. The molecule has 0 saturated heterocycles. The number of allylic oxidation sites excluding steroid dienone is 8. The van der Waals surface area contributed by atoms with Crippen molar-refractivity contribution in [3.63, 3.8) is 0 Å². The Morgan fingerprint density at radius 2 is 0.640 bits per heavy atom. The molecular formula is C21H32Rh2S2-2. The van der Waals surface area contributed by atoms with Gasteiger partial charge in [-0.15, -0.1) is 0 Å². The molecule has 0 unspecified atom stereocenters. The Kier molecular flexibility index (Phi) is 22.1. The van der Waals surface area contributed by atoms with Gasteiger partial charge in [0, 0.05) is 39.0 Å². The molecule has 0 spiro atoms. The summed E-state index contributed by atoms with van der Waals surface area (Å²) in [5.74, 6) is 0. The topological polar surface area (TPSA) is 0 Å². The van der Waals surface area contributed by atoms with Crippen LogP contribution in [-0.4, -0.2) is 4.08 Å². The zero-order chi connectivity index (χ0) is 16.6. The molecule has 1 saturated carbocycles. The molecule has 0 aliphatic heterocycles. The van der Waals surface area contributed by atoms with E-state index in [-0.39, 0.29) is 43.0 Å². The summed E-state index contributed by atoms with van der Waals surface area (Å²) in [7, 11) is 0. The van der Waals surface area contributed by atoms with Crippen LogP contribution in [0, 0.1) is 0 Å². The Morgan fingerprint density at radius 1 is 0.440 bits per heavy atom. The van der Waals surface area contributed by atoms with E-state index in [0.29, 0.717) is 0 Å². The summed E-state index contributed by atoms with van der Waals surface area (Å²) in [6.07, 6.45) is 32.7. The molecular weight excluding hydrogens is 522 g/mol. The van der Waals surface area contributed by atoms with E-state index in [1.165, 1.54) is 64.2 Å². The van der Waals surface area contributed by atoms with Crippen molar-refractivity contribution in [2.24, 2.45) is 0 Å². The van der Waals surface area contributed by atoms with Crippen LogP contribution in [0.1, 0.15) is 77.0 Å². The van der Waals surface area contributed by atoms with Gasteiger partial charge >= 0.3 is 0 Å². The van der Waals surface area contributed by atoms with Crippen LogP contribution in [0.2, 0.25) is 0 Å². The minimum atomic E-state index is -0.139. The van der Waals surface area contributed by atoms with E-state index in [1.54, 1.807) is 0 Å². The van der Waals surface area contributed by atoms with Crippen molar-refractivity contribution in [2.75, 3.05) is 0 Å². The smallest absolute Gasteiger partial charge is 0 e. The number of rotatable bonds is 0. The third-order valence-electron chi connectivity index (χ3n) is 4.03. The van der Waals surface area contributed by atoms with E-state index in [1.807, 2.05) is 0 Å². The van der Waals surface area contributed by atoms with Gasteiger partial charge in [-0.05, 0) is 51.4 Å². The van der Waals surface area contributed by atoms with E-state index in [4.69, 9.17) is 25.3 Å². The van der Waals surface area contributed by atoms with Gasteiger partial charge in [0.25, 0.3) is 0 Å². The first-order valence-corrected chi connectivity index (χ1v) is 10.0. The predicted octanol–water partition coefficient (Wildman–Crippen LogP) is 6.69. The quantitative estimate of drug-likeness (QED) is 0.186. The minimum Gasteiger partial charge on any atom is -0.811 e. The van der Waals surface area contributed by atoms with E-state index in [9.17, 15) is 0 Å². The van der Waals surface area contributed by atoms with Crippen molar-refractivity contribution in [1.82, 2.24) is 0 Å². The summed E-state index contributed by atoms with van der Waals surface area (Å²) in [5.41, 5.74) is 0. The van der Waals surface area contributed by atoms with E-state index in [2.05, 4.69) is 48.6 Å². The Labute approximate surface area is 192 Å². The van der Waals surface area contributed by atoms with Gasteiger partial charge in [0.15, 0.2) is 0 Å². The molecule has 4 heteroatoms. The maximum absolute atomic E-state index is 5.02. The first-order chi connectivity index (χ1) is 11.2. The van der Waals surface area contributed by atoms with Crippen LogP contribution in [0.25, 0.3) is 0 Å². The molecule has 0 bridgehead atoms. The van der Waals surface area contributed by atoms with Gasteiger partial charge in [0.05, 0.1) is 0 Å². The molecule has 148 valence electrons. The molecule has 2 radical (unpaired) electrons. The molecule has 0 aromatic carbocycles. The maximum atomic E-state index is 5.02. The third-order valence-corrected chi connectivity index (χ3v) is 4.85. The molecule has 0 atom stereocenters. The zero-order valence-electron chi connectivity index (χ0n) is 15.1. The first kappa shape index (κ1) is 28.1. The van der Waals surface area contributed by atoms with Crippen molar-refractivity contribution in [2.45, 2.75) is 81.1 Å². The molecule has 0 N–H and O–H groups in total. The second-order valence-corrected chi connectivity index (χ2v) is 8.13. The van der Waals surface area contributed by atoms with Gasteiger partial charge in [-0.2, -0.15) is 0 Å². The molecule has 3 aliphatic rings. The summed E-state index contributed by atoms with van der Waals surface area (Å²) in [6, 6.07) is 0. The third kappa shape index (κ3) is 19.5. The molecule has 0 aromatic heterocycles. The van der Waals surface area contributed by atoms with Gasteiger partial charge in [-0.1, -0.05) is 74.3 Å². The van der Waals surface area contributed by atoms with Crippen molar-refractivity contribution in [1.29, 1.82) is 0 Å². The van der Waals surface area contributed by atoms with Crippen LogP contribution in [0.15, 0.2) is 48.6 Å². The molecule has 0 amide bonds. The summed E-state index contributed by atoms with van der Waals surface area (Å²) in [4.78, 5) is 0. The van der Waals surface area contributed by atoms with Gasteiger partial charge in [0.1, 0.15) is 0 Å². The predicted molar refractivity (Wildman–Crippen MR) is 109 cm³/mol. The van der Waals surface area contributed by atoms with E-state index >= 15 is 0 Å². The average Bonchev–Trinajstić information content (AvgIpc) is 2.83. The van der Waals surface area contributed by atoms with Crippen molar-refractivity contribution in [3.05, 3.63) is 48.6 Å². The Morgan fingerprint density at radius 3 is 0.760 bits per heavy atom. The Balaban J connectivity index is 0. The zero-order valence-corrected chi connectivity index (χ0v) is 20.0. The van der Waals surface area contributed by atoms with Gasteiger partial charge in [0.2, 0.25) is 0 Å². The Bertz CT molecular complexity index is 311. The van der Waals surface area contributed by atoms with Crippen molar-refractivity contribution >= 4 is 25.3 Å². The normalized spacial score (nSPS) is 25.8. The molecule has 25 heavy (non-hydrogen) atoms. The van der Waals surface area contributed by atoms with Crippen LogP contribution in [0.3, 0.4) is 0 Å². The molecule has 0 aromatic rings. The fraction of sp³-hybridized carbons (Fsp3) is 0.619. The Hall–Kier alpha value is 0.907. The first-order valence-electron chi connectivity index (χ1n) is 9.21. The van der Waals surface area contributed by atoms with Crippen molar-refractivity contribution in [3.8, 4) is 0 Å². The SMILES string of the molecule is C1=C\CC/C=C\CC/1.C1=C\CC/C=C\CC/1.[Rh].[Rh].[S-]C1([S-])CCCC1. The van der Waals surface area contributed by atoms with E-state index < -0.39 is 0 Å². The molecule has 0 heterocycles. The van der Waals surface area contributed by atoms with Crippen LogP contribution < -0.4 is 0 Å². The van der Waals surface area contributed by atoms with Crippen LogP contribution in [-0.2, 0) is 64.2 Å². The second kappa shape index (κ2) is 19.7. The summed E-state index contributed by atoms with van der Waals surface area (Å²) in [5, 5.41) is 0. The number of hydrogen-bond donors (Lipinski definition) is 0. The average molecular weight is 554 g/mol. The van der Waals surface area contributed by atoms with Crippen molar-refractivity contribution < 1.29 is 39.0 Å². The minimum absolute atomic E-state index is 0. The fourth-order valence-corrected chi connectivity index (χ4v) is 3.20. The summed E-state index contributed by atoms with van der Waals surface area (Å²) < 4.78 is -0.139. The van der Waals surface area contributed by atoms with Crippen LogP contribution in [0.5, 0.6) is 0 Å².